The lowest BCUT2D eigenvalue weighted by atomic mass is 10.1. The molecule has 1 amide bonds. The van der Waals surface area contributed by atoms with E-state index in [1.165, 1.54) is 13.2 Å². The molecule has 0 aliphatic carbocycles. The highest BCUT2D eigenvalue weighted by Gasteiger charge is 2.13. The van der Waals surface area contributed by atoms with Gasteiger partial charge in [-0.3, -0.25) is 14.4 Å². The molecule has 0 saturated carbocycles. The summed E-state index contributed by atoms with van der Waals surface area (Å²) in [5.74, 6) is -1.77. The third kappa shape index (κ3) is 5.30. The number of nitrogens with one attached hydrogen (secondary N) is 1. The molecule has 0 aliphatic heterocycles. The van der Waals surface area contributed by atoms with Gasteiger partial charge in [0.15, 0.2) is 6.61 Å². The van der Waals surface area contributed by atoms with E-state index in [1.807, 2.05) is 0 Å². The van der Waals surface area contributed by atoms with Crippen molar-refractivity contribution < 1.29 is 23.9 Å². The Morgan fingerprint density at radius 1 is 1.13 bits per heavy atom. The molecule has 2 aromatic carbocycles. The Kier molecular flexibility index (Phi) is 6.71. The molecule has 1 aromatic heterocycles. The Bertz CT molecular complexity index is 1200. The highest BCUT2D eigenvalue weighted by Crippen LogP contribution is 2.17. The van der Waals surface area contributed by atoms with Crippen molar-refractivity contribution in [2.24, 2.45) is 0 Å². The predicted molar refractivity (Wildman–Crippen MR) is 111 cm³/mol. The van der Waals surface area contributed by atoms with E-state index in [4.69, 9.17) is 4.74 Å². The molecule has 10 heteroatoms. The minimum Gasteiger partial charge on any atom is -0.465 e. The molecule has 0 bridgehead atoms. The summed E-state index contributed by atoms with van der Waals surface area (Å²) in [6, 6.07) is 11.5. The van der Waals surface area contributed by atoms with Gasteiger partial charge in [-0.2, -0.15) is 0 Å². The highest BCUT2D eigenvalue weighted by molar-refractivity contribution is 5.96. The van der Waals surface area contributed by atoms with Crippen LogP contribution in [0.5, 0.6) is 0 Å². The van der Waals surface area contributed by atoms with Gasteiger partial charge in [-0.05, 0) is 36.8 Å². The second kappa shape index (κ2) is 9.61. The number of aryl methyl sites for hydroxylation is 2. The zero-order valence-electron chi connectivity index (χ0n) is 17.0. The number of esters is 2. The number of hydrogen-bond acceptors (Lipinski definition) is 8. The van der Waals surface area contributed by atoms with Gasteiger partial charge in [0.25, 0.3) is 11.5 Å². The number of nitrogens with zero attached hydrogens (tertiary/aromatic N) is 3. The van der Waals surface area contributed by atoms with Crippen molar-refractivity contribution in [1.29, 1.82) is 0 Å². The Morgan fingerprint density at radius 3 is 2.68 bits per heavy atom. The number of carbonyl (C=O) groups is 3. The first-order chi connectivity index (χ1) is 14.9. The second-order valence-corrected chi connectivity index (χ2v) is 6.62. The van der Waals surface area contributed by atoms with Crippen LogP contribution in [0, 0.1) is 6.92 Å². The maximum Gasteiger partial charge on any atom is 0.337 e. The quantitative estimate of drug-likeness (QED) is 0.564. The molecule has 0 fully saturated rings. The van der Waals surface area contributed by atoms with Crippen LogP contribution in [0.15, 0.2) is 47.3 Å². The van der Waals surface area contributed by atoms with E-state index < -0.39 is 24.5 Å². The van der Waals surface area contributed by atoms with E-state index in [0.717, 1.165) is 10.2 Å². The van der Waals surface area contributed by atoms with Crippen molar-refractivity contribution >= 4 is 34.4 Å². The molecular formula is C21H20N4O6. The van der Waals surface area contributed by atoms with Gasteiger partial charge in [-0.1, -0.05) is 23.4 Å². The summed E-state index contributed by atoms with van der Waals surface area (Å²) in [4.78, 5) is 48.1. The van der Waals surface area contributed by atoms with Crippen molar-refractivity contribution in [3.05, 3.63) is 63.9 Å². The SMILES string of the molecule is COC(=O)c1ccc(C)c(NC(=O)COC(=O)CCn2nnc3ccccc3c2=O)c1. The highest BCUT2D eigenvalue weighted by atomic mass is 16.5. The lowest BCUT2D eigenvalue weighted by molar-refractivity contribution is -0.147. The molecule has 1 N–H and O–H groups in total. The summed E-state index contributed by atoms with van der Waals surface area (Å²) in [5, 5.41) is 10.7. The van der Waals surface area contributed by atoms with E-state index >= 15 is 0 Å². The fourth-order valence-electron chi connectivity index (χ4n) is 2.77. The number of amides is 1. The number of aromatic nitrogens is 3. The van der Waals surface area contributed by atoms with Gasteiger partial charge in [0, 0.05) is 5.69 Å². The number of rotatable bonds is 7. The van der Waals surface area contributed by atoms with E-state index in [0.29, 0.717) is 16.6 Å². The van der Waals surface area contributed by atoms with Crippen molar-refractivity contribution in [2.45, 2.75) is 19.9 Å². The topological polar surface area (TPSA) is 129 Å². The summed E-state index contributed by atoms with van der Waals surface area (Å²) in [5.41, 5.74) is 1.51. The second-order valence-electron chi connectivity index (χ2n) is 6.62. The first-order valence-electron chi connectivity index (χ1n) is 9.36. The molecule has 3 aromatic rings. The monoisotopic (exact) mass is 424 g/mol. The van der Waals surface area contributed by atoms with Crippen LogP contribution < -0.4 is 10.9 Å². The molecule has 31 heavy (non-hydrogen) atoms. The number of ether oxygens (including phenoxy) is 2. The first-order valence-corrected chi connectivity index (χ1v) is 9.36. The van der Waals surface area contributed by atoms with E-state index in [-0.39, 0.29) is 24.1 Å². The van der Waals surface area contributed by atoms with Gasteiger partial charge >= 0.3 is 11.9 Å². The molecule has 0 saturated heterocycles. The fourth-order valence-corrected chi connectivity index (χ4v) is 2.77. The molecular weight excluding hydrogens is 404 g/mol. The number of methoxy groups -OCH3 is 1. The van der Waals surface area contributed by atoms with E-state index in [9.17, 15) is 19.2 Å². The summed E-state index contributed by atoms with van der Waals surface area (Å²) in [7, 11) is 1.26. The van der Waals surface area contributed by atoms with Crippen LogP contribution in [-0.2, 0) is 25.6 Å². The lowest BCUT2D eigenvalue weighted by Crippen LogP contribution is -2.26. The van der Waals surface area contributed by atoms with Crippen molar-refractivity contribution in [3.8, 4) is 0 Å². The van der Waals surface area contributed by atoms with Crippen LogP contribution >= 0.6 is 0 Å². The molecule has 10 nitrogen and oxygen atoms in total. The maximum absolute atomic E-state index is 12.4. The minimum atomic E-state index is -0.669. The molecule has 0 unspecified atom stereocenters. The average Bonchev–Trinajstić information content (AvgIpc) is 2.78. The molecule has 0 spiro atoms. The molecule has 3 rings (SSSR count). The summed E-state index contributed by atoms with van der Waals surface area (Å²) < 4.78 is 10.7. The zero-order chi connectivity index (χ0) is 22.4. The Balaban J connectivity index is 1.53. The summed E-state index contributed by atoms with van der Waals surface area (Å²) >= 11 is 0. The van der Waals surface area contributed by atoms with Gasteiger partial charge in [0.2, 0.25) is 0 Å². The number of benzene rings is 2. The number of carbonyl (C=O) groups excluding carboxylic acids is 3. The Hall–Kier alpha value is -4.08. The van der Waals surface area contributed by atoms with Gasteiger partial charge < -0.3 is 14.8 Å². The molecule has 160 valence electrons. The van der Waals surface area contributed by atoms with Crippen molar-refractivity contribution in [1.82, 2.24) is 15.0 Å². The number of hydrogen-bond donors (Lipinski definition) is 1. The van der Waals surface area contributed by atoms with Crippen LogP contribution in [0.2, 0.25) is 0 Å². The summed E-state index contributed by atoms with van der Waals surface area (Å²) in [6.45, 7) is 1.21. The lowest BCUT2D eigenvalue weighted by Gasteiger charge is -2.10. The van der Waals surface area contributed by atoms with Crippen molar-refractivity contribution in [3.63, 3.8) is 0 Å². The van der Waals surface area contributed by atoms with Gasteiger partial charge in [0.1, 0.15) is 5.52 Å². The maximum atomic E-state index is 12.4. The van der Waals surface area contributed by atoms with Gasteiger partial charge in [0.05, 0.1) is 31.0 Å². The van der Waals surface area contributed by atoms with Gasteiger partial charge in [-0.15, -0.1) is 5.10 Å². The standard InChI is InChI=1S/C21H20N4O6/c1-13-7-8-14(21(29)30-2)11-17(13)22-18(26)12-31-19(27)9-10-25-20(28)15-5-3-4-6-16(15)23-24-25/h3-8,11H,9-10,12H2,1-2H3,(H,22,26). The molecule has 1 heterocycles. The number of anilines is 1. The van der Waals surface area contributed by atoms with Crippen LogP contribution in [0.1, 0.15) is 22.3 Å². The van der Waals surface area contributed by atoms with Crippen LogP contribution in [0.3, 0.4) is 0 Å². The predicted octanol–water partition coefficient (Wildman–Crippen LogP) is 1.46. The molecule has 0 radical (unpaired) electrons. The number of fused-ring (bicyclic) bond motifs is 1. The van der Waals surface area contributed by atoms with E-state index in [2.05, 4.69) is 20.4 Å². The van der Waals surface area contributed by atoms with Crippen LogP contribution in [0.25, 0.3) is 10.9 Å². The molecule has 0 atom stereocenters. The fraction of sp³-hybridized carbons (Fsp3) is 0.238. The summed E-state index contributed by atoms with van der Waals surface area (Å²) in [6.07, 6.45) is -0.156. The largest absolute Gasteiger partial charge is 0.465 e. The third-order valence-electron chi connectivity index (χ3n) is 4.45. The zero-order valence-corrected chi connectivity index (χ0v) is 17.0. The molecule has 0 aliphatic rings. The van der Waals surface area contributed by atoms with Crippen molar-refractivity contribution in [2.75, 3.05) is 19.0 Å². The smallest absolute Gasteiger partial charge is 0.337 e. The third-order valence-corrected chi connectivity index (χ3v) is 4.45. The normalized spacial score (nSPS) is 10.5. The Labute approximate surface area is 176 Å². The van der Waals surface area contributed by atoms with E-state index in [1.54, 1.807) is 43.3 Å². The van der Waals surface area contributed by atoms with Crippen LogP contribution in [0.4, 0.5) is 5.69 Å². The first kappa shape index (κ1) is 21.6. The Morgan fingerprint density at radius 2 is 1.90 bits per heavy atom. The minimum absolute atomic E-state index is 0.0304. The van der Waals surface area contributed by atoms with Crippen LogP contribution in [-0.4, -0.2) is 46.6 Å². The van der Waals surface area contributed by atoms with Gasteiger partial charge in [-0.25, -0.2) is 9.48 Å². The average molecular weight is 424 g/mol.